The molecule has 0 aliphatic heterocycles. The van der Waals surface area contributed by atoms with Crippen LogP contribution >= 0.6 is 0 Å². The van der Waals surface area contributed by atoms with E-state index < -0.39 is 0 Å². The van der Waals surface area contributed by atoms with Crippen LogP contribution in [-0.4, -0.2) is 5.11 Å². The van der Waals surface area contributed by atoms with E-state index in [4.69, 9.17) is 8.68 Å². The van der Waals surface area contributed by atoms with E-state index in [0.717, 1.165) is 12.8 Å². The zero-order chi connectivity index (χ0) is 28.6. The van der Waals surface area contributed by atoms with Gasteiger partial charge in [-0.15, -0.1) is 0 Å². The summed E-state index contributed by atoms with van der Waals surface area (Å²) in [5.74, 6) is 0. The first-order valence-electron chi connectivity index (χ1n) is 17.2. The molecule has 0 saturated carbocycles. The number of unbranched alkanes of at least 4 members (excludes halogenated alkanes) is 28. The third-order valence-corrected chi connectivity index (χ3v) is 7.43. The minimum atomic E-state index is 0.125. The molecule has 0 rings (SSSR count). The summed E-state index contributed by atoms with van der Waals surface area (Å²) in [7, 11) is 0. The Morgan fingerprint density at radius 1 is 0.447 bits per heavy atom. The van der Waals surface area contributed by atoms with Gasteiger partial charge in [-0.3, -0.25) is 0 Å². The Morgan fingerprint density at radius 2 is 0.684 bits per heavy atom. The van der Waals surface area contributed by atoms with Crippen LogP contribution in [0.2, 0.25) is 0 Å². The third-order valence-electron chi connectivity index (χ3n) is 7.43. The van der Waals surface area contributed by atoms with Crippen LogP contribution in [0.3, 0.4) is 0 Å². The maximum atomic E-state index is 8.49. The molecule has 0 radical (unpaired) electrons. The number of aliphatic hydroxyl groups is 1. The zero-order valence-corrected chi connectivity index (χ0v) is 29.6. The van der Waals surface area contributed by atoms with Crippen molar-refractivity contribution in [1.29, 1.82) is 0 Å². The number of hydrogen-bond donors (Lipinski definition) is 1. The van der Waals surface area contributed by atoms with Crippen LogP contribution < -0.4 is 0 Å². The molecule has 0 unspecified atom stereocenters. The second-order valence-corrected chi connectivity index (χ2v) is 11.2. The fourth-order valence-electron chi connectivity index (χ4n) is 4.90. The quantitative estimate of drug-likeness (QED) is 0.0408. The molecule has 0 aromatic rings. The second-order valence-electron chi connectivity index (χ2n) is 11.2. The van der Waals surface area contributed by atoms with Crippen LogP contribution in [0.25, 0.3) is 0 Å². The van der Waals surface area contributed by atoms with Gasteiger partial charge in [0.1, 0.15) is 0 Å². The fourth-order valence-corrected chi connectivity index (χ4v) is 4.90. The van der Waals surface area contributed by atoms with Gasteiger partial charge < -0.3 is 12.0 Å². The molecule has 226 valence electrons. The van der Waals surface area contributed by atoms with E-state index in [1.54, 1.807) is 0 Å². The number of aliphatic hydroxyl groups excluding tert-OH is 1. The Morgan fingerprint density at radius 3 is 0.921 bits per heavy atom. The van der Waals surface area contributed by atoms with Gasteiger partial charge in [-0.05, 0) is 12.8 Å². The molecular formula is C35H71O2Zn-. The Labute approximate surface area is 251 Å². The first-order chi connectivity index (χ1) is 18.8. The second kappa shape index (κ2) is 46.8. The van der Waals surface area contributed by atoms with Crippen molar-refractivity contribution in [2.45, 2.75) is 206 Å². The van der Waals surface area contributed by atoms with Crippen molar-refractivity contribution < 1.29 is 26.9 Å². The van der Waals surface area contributed by atoms with E-state index >= 15 is 0 Å². The van der Waals surface area contributed by atoms with Crippen LogP contribution in [0.4, 0.5) is 0 Å². The summed E-state index contributed by atoms with van der Waals surface area (Å²) in [5.41, 5.74) is 0. The van der Waals surface area contributed by atoms with Crippen LogP contribution in [0, 0.1) is 6.92 Å². The third kappa shape index (κ3) is 49.0. The first-order valence-corrected chi connectivity index (χ1v) is 18.4. The molecule has 0 fully saturated rings. The molecule has 0 saturated heterocycles. The molecule has 0 aromatic carbocycles. The SMILES string of the molecule is CCCCCCCCCCCCCCCC/C=C/O.[CH2-]CCCCCCCCCCCCCCCC.[O]=[Zn]. The first kappa shape index (κ1) is 42.4. The molecule has 0 aromatic heterocycles. The normalized spacial score (nSPS) is 10.8. The monoisotopic (exact) mass is 587 g/mol. The molecule has 0 aliphatic rings. The molecule has 1 N–H and O–H groups in total. The van der Waals surface area contributed by atoms with Gasteiger partial charge in [0.15, 0.2) is 0 Å². The van der Waals surface area contributed by atoms with Crippen molar-refractivity contribution in [1.82, 2.24) is 0 Å². The Hall–Kier alpha value is -0.0366. The standard InChI is InChI=1S/C18H36O.C17H35.O.Zn/c1-2-3-4-5-6-7-8-9-10-11-12-13-14-15-16-17-18-19;1-3-5-7-9-11-13-15-17-16-14-12-10-8-6-4-2;;/h17-19H,2-16H2,1H3;1,3-17H2,2H3;;/q;-1;;/b18-17+;;;. The van der Waals surface area contributed by atoms with Gasteiger partial charge in [0, 0.05) is 0 Å². The molecule has 0 amide bonds. The summed E-state index contributed by atoms with van der Waals surface area (Å²) < 4.78 is 8.38. The van der Waals surface area contributed by atoms with Crippen molar-refractivity contribution in [3.8, 4) is 0 Å². The molecule has 0 bridgehead atoms. The number of rotatable bonds is 29. The van der Waals surface area contributed by atoms with Gasteiger partial charge in [0.2, 0.25) is 0 Å². The maximum absolute atomic E-state index is 8.49. The van der Waals surface area contributed by atoms with Crippen molar-refractivity contribution in [2.24, 2.45) is 0 Å². The van der Waals surface area contributed by atoms with E-state index in [0.29, 0.717) is 0 Å². The minimum absolute atomic E-state index is 0.125. The van der Waals surface area contributed by atoms with E-state index in [1.165, 1.54) is 186 Å². The summed E-state index contributed by atoms with van der Waals surface area (Å²) in [6.07, 6.45) is 45.1. The van der Waals surface area contributed by atoms with Crippen LogP contribution in [0.5, 0.6) is 0 Å². The fraction of sp³-hybridized carbons (Fsp3) is 0.914. The summed E-state index contributed by atoms with van der Waals surface area (Å²) >= 11 is 0.125. The Balaban J connectivity index is -0.000000608. The molecule has 3 heteroatoms. The predicted octanol–water partition coefficient (Wildman–Crippen LogP) is 13.5. The predicted molar refractivity (Wildman–Crippen MR) is 168 cm³/mol. The zero-order valence-electron chi connectivity index (χ0n) is 26.6. The van der Waals surface area contributed by atoms with E-state index in [9.17, 15) is 0 Å². The van der Waals surface area contributed by atoms with Crippen molar-refractivity contribution >= 4 is 0 Å². The summed E-state index contributed by atoms with van der Waals surface area (Å²) in [4.78, 5) is 0. The van der Waals surface area contributed by atoms with Gasteiger partial charge in [0.25, 0.3) is 0 Å². The van der Waals surface area contributed by atoms with Gasteiger partial charge in [-0.2, -0.15) is 6.42 Å². The van der Waals surface area contributed by atoms with Crippen molar-refractivity contribution in [2.75, 3.05) is 0 Å². The average molecular weight is 589 g/mol. The summed E-state index contributed by atoms with van der Waals surface area (Å²) in [6, 6.07) is 0. The van der Waals surface area contributed by atoms with E-state index in [-0.39, 0.29) is 18.3 Å². The van der Waals surface area contributed by atoms with Crippen LogP contribution in [-0.2, 0) is 21.8 Å². The average Bonchev–Trinajstić information content (AvgIpc) is 2.95. The molecule has 38 heavy (non-hydrogen) atoms. The van der Waals surface area contributed by atoms with E-state index in [1.807, 2.05) is 6.08 Å². The van der Waals surface area contributed by atoms with Crippen LogP contribution in [0.1, 0.15) is 206 Å². The topological polar surface area (TPSA) is 37.3 Å². The van der Waals surface area contributed by atoms with Crippen molar-refractivity contribution in [3.63, 3.8) is 0 Å². The molecule has 0 atom stereocenters. The molecule has 0 heterocycles. The van der Waals surface area contributed by atoms with Crippen LogP contribution in [0.15, 0.2) is 12.3 Å². The summed E-state index contributed by atoms with van der Waals surface area (Å²) in [5, 5.41) is 8.49. The Bertz CT molecular complexity index is 372. The van der Waals surface area contributed by atoms with Gasteiger partial charge in [-0.1, -0.05) is 193 Å². The van der Waals surface area contributed by atoms with Gasteiger partial charge in [0.05, 0.1) is 6.26 Å². The van der Waals surface area contributed by atoms with Crippen molar-refractivity contribution in [3.05, 3.63) is 19.3 Å². The Kier molecular flexibility index (Phi) is 52.2. The number of hydrogen-bond acceptors (Lipinski definition) is 2. The molecule has 0 spiro atoms. The number of allylic oxidation sites excluding steroid dienone is 1. The van der Waals surface area contributed by atoms with E-state index in [2.05, 4.69) is 20.8 Å². The summed E-state index contributed by atoms with van der Waals surface area (Å²) in [6.45, 7) is 8.45. The van der Waals surface area contributed by atoms with Gasteiger partial charge in [-0.25, -0.2) is 0 Å². The molecule has 2 nitrogen and oxygen atoms in total. The van der Waals surface area contributed by atoms with Gasteiger partial charge >= 0.3 is 21.8 Å². The molecule has 0 aliphatic carbocycles. The molecular weight excluding hydrogens is 518 g/mol.